The van der Waals surface area contributed by atoms with Crippen LogP contribution in [0.5, 0.6) is 0 Å². The van der Waals surface area contributed by atoms with Gasteiger partial charge in [0.05, 0.1) is 5.69 Å². The fourth-order valence-corrected chi connectivity index (χ4v) is 4.03. The molecule has 5 heteroatoms. The van der Waals surface area contributed by atoms with E-state index in [0.29, 0.717) is 11.6 Å². The molecule has 3 rings (SSSR count). The summed E-state index contributed by atoms with van der Waals surface area (Å²) in [6.07, 6.45) is 0.469. The van der Waals surface area contributed by atoms with Crippen molar-refractivity contribution in [1.29, 1.82) is 0 Å². The molecular formula is C21H22N2OS2. The standard InChI is InChI=1S/C21H22N2OS2/c1-14-4-8-18(9-5-14)25-11-10-20(24)23-21-22-19(13-26-21)17-7-6-15(2)16(3)12-17/h4-9,12-13H,10-11H2,1-3H3,(H,22,23,24). The van der Waals surface area contributed by atoms with Crippen molar-refractivity contribution in [2.75, 3.05) is 11.1 Å². The minimum absolute atomic E-state index is 0.00518. The molecule has 0 fully saturated rings. The fourth-order valence-electron chi connectivity index (χ4n) is 2.44. The molecule has 0 atom stereocenters. The maximum atomic E-state index is 12.1. The first-order chi connectivity index (χ1) is 12.5. The molecule has 0 aliphatic rings. The molecule has 1 aromatic heterocycles. The van der Waals surface area contributed by atoms with Crippen LogP contribution in [-0.2, 0) is 4.79 Å². The van der Waals surface area contributed by atoms with Crippen molar-refractivity contribution >= 4 is 34.1 Å². The molecule has 0 radical (unpaired) electrons. The van der Waals surface area contributed by atoms with Gasteiger partial charge in [0, 0.05) is 28.0 Å². The minimum Gasteiger partial charge on any atom is -0.302 e. The zero-order valence-electron chi connectivity index (χ0n) is 15.2. The average molecular weight is 383 g/mol. The van der Waals surface area contributed by atoms with Crippen molar-refractivity contribution in [3.8, 4) is 11.3 Å². The highest BCUT2D eigenvalue weighted by atomic mass is 32.2. The SMILES string of the molecule is Cc1ccc(SCCC(=O)Nc2nc(-c3ccc(C)c(C)c3)cs2)cc1. The summed E-state index contributed by atoms with van der Waals surface area (Å²) in [6, 6.07) is 14.7. The largest absolute Gasteiger partial charge is 0.302 e. The van der Waals surface area contributed by atoms with Crippen molar-refractivity contribution in [1.82, 2.24) is 4.98 Å². The van der Waals surface area contributed by atoms with Crippen LogP contribution in [0.2, 0.25) is 0 Å². The van der Waals surface area contributed by atoms with Gasteiger partial charge in [-0.2, -0.15) is 0 Å². The monoisotopic (exact) mass is 382 g/mol. The van der Waals surface area contributed by atoms with Crippen LogP contribution < -0.4 is 5.32 Å². The topological polar surface area (TPSA) is 42.0 Å². The Morgan fingerprint density at radius 3 is 2.58 bits per heavy atom. The van der Waals surface area contributed by atoms with Crippen LogP contribution in [-0.4, -0.2) is 16.6 Å². The van der Waals surface area contributed by atoms with E-state index in [1.807, 2.05) is 5.38 Å². The summed E-state index contributed by atoms with van der Waals surface area (Å²) in [6.45, 7) is 6.27. The van der Waals surface area contributed by atoms with Gasteiger partial charge in [0.15, 0.2) is 5.13 Å². The molecule has 3 aromatic rings. The Hall–Kier alpha value is -2.11. The number of aromatic nitrogens is 1. The smallest absolute Gasteiger partial charge is 0.226 e. The van der Waals surface area contributed by atoms with E-state index in [1.54, 1.807) is 11.8 Å². The van der Waals surface area contributed by atoms with Gasteiger partial charge in [-0.25, -0.2) is 4.98 Å². The van der Waals surface area contributed by atoms with E-state index < -0.39 is 0 Å². The third-order valence-electron chi connectivity index (χ3n) is 4.17. The van der Waals surface area contributed by atoms with Gasteiger partial charge in [-0.1, -0.05) is 29.8 Å². The normalized spacial score (nSPS) is 10.7. The first-order valence-corrected chi connectivity index (χ1v) is 10.4. The van der Waals surface area contributed by atoms with Crippen LogP contribution in [0, 0.1) is 20.8 Å². The quantitative estimate of drug-likeness (QED) is 0.543. The van der Waals surface area contributed by atoms with E-state index in [2.05, 4.69) is 73.5 Å². The second-order valence-electron chi connectivity index (χ2n) is 6.30. The van der Waals surface area contributed by atoms with E-state index in [-0.39, 0.29) is 5.91 Å². The molecule has 0 spiro atoms. The molecule has 0 bridgehead atoms. The Bertz CT molecular complexity index is 901. The van der Waals surface area contributed by atoms with Crippen LogP contribution in [0.25, 0.3) is 11.3 Å². The predicted molar refractivity (Wildman–Crippen MR) is 112 cm³/mol. The Labute approximate surface area is 162 Å². The van der Waals surface area contributed by atoms with Gasteiger partial charge in [-0.15, -0.1) is 23.1 Å². The van der Waals surface area contributed by atoms with Gasteiger partial charge >= 0.3 is 0 Å². The molecule has 0 aliphatic heterocycles. The molecule has 0 saturated heterocycles. The van der Waals surface area contributed by atoms with Crippen molar-refractivity contribution in [3.05, 3.63) is 64.5 Å². The second-order valence-corrected chi connectivity index (χ2v) is 8.32. The Balaban J connectivity index is 1.52. The number of nitrogens with one attached hydrogen (secondary N) is 1. The third-order valence-corrected chi connectivity index (χ3v) is 5.94. The number of carbonyl (C=O) groups excluding carboxylic acids is 1. The number of hydrogen-bond acceptors (Lipinski definition) is 4. The molecule has 0 aliphatic carbocycles. The van der Waals surface area contributed by atoms with Crippen molar-refractivity contribution < 1.29 is 4.79 Å². The lowest BCUT2D eigenvalue weighted by atomic mass is 10.1. The summed E-state index contributed by atoms with van der Waals surface area (Å²) in [4.78, 5) is 17.9. The zero-order valence-corrected chi connectivity index (χ0v) is 16.8. The minimum atomic E-state index is 0.00518. The molecular weight excluding hydrogens is 360 g/mol. The number of thioether (sulfide) groups is 1. The highest BCUT2D eigenvalue weighted by molar-refractivity contribution is 7.99. The number of carbonyl (C=O) groups is 1. The van der Waals surface area contributed by atoms with E-state index in [4.69, 9.17) is 0 Å². The summed E-state index contributed by atoms with van der Waals surface area (Å²) in [7, 11) is 0. The van der Waals surface area contributed by atoms with Gasteiger partial charge < -0.3 is 5.32 Å². The number of thiazole rings is 1. The van der Waals surface area contributed by atoms with Gasteiger partial charge in [-0.3, -0.25) is 4.79 Å². The van der Waals surface area contributed by atoms with Crippen molar-refractivity contribution in [2.45, 2.75) is 32.1 Å². The molecule has 1 amide bonds. The summed E-state index contributed by atoms with van der Waals surface area (Å²) in [5, 5.41) is 5.55. The zero-order chi connectivity index (χ0) is 18.5. The highest BCUT2D eigenvalue weighted by Crippen LogP contribution is 2.27. The maximum Gasteiger partial charge on any atom is 0.226 e. The highest BCUT2D eigenvalue weighted by Gasteiger charge is 2.09. The van der Waals surface area contributed by atoms with Crippen LogP contribution in [0.3, 0.4) is 0 Å². The summed E-state index contributed by atoms with van der Waals surface area (Å²) >= 11 is 3.16. The van der Waals surface area contributed by atoms with Crippen LogP contribution in [0.4, 0.5) is 5.13 Å². The number of benzene rings is 2. The third kappa shape index (κ3) is 4.96. The second kappa shape index (κ2) is 8.52. The number of rotatable bonds is 6. The summed E-state index contributed by atoms with van der Waals surface area (Å²) in [5.74, 6) is 0.759. The number of anilines is 1. The van der Waals surface area contributed by atoms with E-state index in [0.717, 1.165) is 17.0 Å². The Morgan fingerprint density at radius 1 is 1.08 bits per heavy atom. The van der Waals surface area contributed by atoms with Gasteiger partial charge in [0.1, 0.15) is 0 Å². The van der Waals surface area contributed by atoms with Gasteiger partial charge in [0.2, 0.25) is 5.91 Å². The molecule has 3 nitrogen and oxygen atoms in total. The van der Waals surface area contributed by atoms with E-state index in [9.17, 15) is 4.79 Å². The molecule has 0 unspecified atom stereocenters. The van der Waals surface area contributed by atoms with Crippen LogP contribution in [0.1, 0.15) is 23.1 Å². The fraction of sp³-hybridized carbons (Fsp3) is 0.238. The lowest BCUT2D eigenvalue weighted by Gasteiger charge is -2.04. The molecule has 1 N–H and O–H groups in total. The van der Waals surface area contributed by atoms with Crippen molar-refractivity contribution in [3.63, 3.8) is 0 Å². The number of nitrogens with zero attached hydrogens (tertiary/aromatic N) is 1. The number of amides is 1. The molecule has 134 valence electrons. The molecule has 0 saturated carbocycles. The predicted octanol–water partition coefficient (Wildman–Crippen LogP) is 5.86. The van der Waals surface area contributed by atoms with Gasteiger partial charge in [-0.05, 0) is 50.1 Å². The van der Waals surface area contributed by atoms with E-state index >= 15 is 0 Å². The maximum absolute atomic E-state index is 12.1. The Kier molecular flexibility index (Phi) is 6.12. The van der Waals surface area contributed by atoms with Crippen LogP contribution >= 0.6 is 23.1 Å². The average Bonchev–Trinajstić information content (AvgIpc) is 3.07. The lowest BCUT2D eigenvalue weighted by Crippen LogP contribution is -2.11. The first-order valence-electron chi connectivity index (χ1n) is 8.54. The lowest BCUT2D eigenvalue weighted by molar-refractivity contribution is -0.115. The van der Waals surface area contributed by atoms with Gasteiger partial charge in [0.25, 0.3) is 0 Å². The number of hydrogen-bond donors (Lipinski definition) is 1. The number of aryl methyl sites for hydroxylation is 3. The molecule has 2 aromatic carbocycles. The molecule has 1 heterocycles. The first kappa shape index (κ1) is 18.7. The van der Waals surface area contributed by atoms with E-state index in [1.165, 1.54) is 32.9 Å². The summed E-state index contributed by atoms with van der Waals surface area (Å²) in [5.41, 5.74) is 5.75. The Morgan fingerprint density at radius 2 is 1.85 bits per heavy atom. The van der Waals surface area contributed by atoms with Crippen molar-refractivity contribution in [2.24, 2.45) is 0 Å². The van der Waals surface area contributed by atoms with Crippen LogP contribution in [0.15, 0.2) is 52.7 Å². The summed E-state index contributed by atoms with van der Waals surface area (Å²) < 4.78 is 0. The molecule has 26 heavy (non-hydrogen) atoms.